The Kier molecular flexibility index (Phi) is 4.78. The highest BCUT2D eigenvalue weighted by Crippen LogP contribution is 2.32. The molecule has 1 N–H and O–H groups in total. The molecule has 0 spiro atoms. The fraction of sp³-hybridized carbons (Fsp3) is 0.643. The quantitative estimate of drug-likeness (QED) is 0.858. The predicted molar refractivity (Wildman–Crippen MR) is 75.8 cm³/mol. The van der Waals surface area contributed by atoms with E-state index in [2.05, 4.69) is 41.6 Å². The highest BCUT2D eigenvalue weighted by atomic mass is 32.1. The van der Waals surface area contributed by atoms with Crippen LogP contribution in [-0.2, 0) is 4.79 Å². The minimum absolute atomic E-state index is 0.0364. The van der Waals surface area contributed by atoms with Crippen molar-refractivity contribution in [3.63, 3.8) is 0 Å². The van der Waals surface area contributed by atoms with Gasteiger partial charge in [-0.25, -0.2) is 0 Å². The fourth-order valence-electron chi connectivity index (χ4n) is 2.65. The summed E-state index contributed by atoms with van der Waals surface area (Å²) in [5, 5.41) is 5.38. The second-order valence-electron chi connectivity index (χ2n) is 4.75. The molecule has 0 aromatic carbocycles. The highest BCUT2D eigenvalue weighted by Gasteiger charge is 2.35. The molecular formula is C14H22N2OS. The third-order valence-corrected chi connectivity index (χ3v) is 4.47. The zero-order chi connectivity index (χ0) is 13.0. The molecule has 1 aromatic heterocycles. The van der Waals surface area contributed by atoms with Crippen molar-refractivity contribution in [3.8, 4) is 0 Å². The van der Waals surface area contributed by atoms with Crippen LogP contribution >= 0.6 is 11.3 Å². The molecule has 1 aliphatic heterocycles. The molecule has 1 aliphatic rings. The summed E-state index contributed by atoms with van der Waals surface area (Å²) in [4.78, 5) is 15.8. The van der Waals surface area contributed by atoms with E-state index in [0.717, 1.165) is 32.4 Å². The second kappa shape index (κ2) is 6.34. The van der Waals surface area contributed by atoms with Gasteiger partial charge < -0.3 is 10.2 Å². The monoisotopic (exact) mass is 266 g/mol. The van der Waals surface area contributed by atoms with Crippen LogP contribution in [0.1, 0.15) is 44.0 Å². The highest BCUT2D eigenvalue weighted by molar-refractivity contribution is 7.10. The zero-order valence-corrected chi connectivity index (χ0v) is 12.0. The summed E-state index contributed by atoms with van der Waals surface area (Å²) < 4.78 is 0. The van der Waals surface area contributed by atoms with Crippen molar-refractivity contribution in [1.82, 2.24) is 10.2 Å². The minimum Gasteiger partial charge on any atom is -0.333 e. The molecule has 2 unspecified atom stereocenters. The lowest BCUT2D eigenvalue weighted by Gasteiger charge is -2.27. The molecule has 100 valence electrons. The van der Waals surface area contributed by atoms with Gasteiger partial charge in [0, 0.05) is 11.4 Å². The lowest BCUT2D eigenvalue weighted by molar-refractivity contribution is -0.131. The number of nitrogens with one attached hydrogen (secondary N) is 1. The van der Waals surface area contributed by atoms with Gasteiger partial charge >= 0.3 is 0 Å². The standard InChI is InChI=1S/C14H22N2OS/c1-3-6-12(13-7-5-10-18-13)16-9-8-11(14(16)17)15-4-2/h5,7,10-12,15H,3-4,6,8-9H2,1-2H3. The van der Waals surface area contributed by atoms with Gasteiger partial charge in [0.25, 0.3) is 0 Å². The smallest absolute Gasteiger partial charge is 0.240 e. The van der Waals surface area contributed by atoms with Crippen LogP contribution in [0.2, 0.25) is 0 Å². The Hall–Kier alpha value is -0.870. The maximum absolute atomic E-state index is 12.4. The summed E-state index contributed by atoms with van der Waals surface area (Å²) in [6, 6.07) is 4.55. The van der Waals surface area contributed by atoms with E-state index >= 15 is 0 Å². The van der Waals surface area contributed by atoms with Crippen LogP contribution in [0, 0.1) is 0 Å². The lowest BCUT2D eigenvalue weighted by Crippen LogP contribution is -2.39. The van der Waals surface area contributed by atoms with E-state index in [1.807, 2.05) is 0 Å². The maximum atomic E-state index is 12.4. The molecule has 1 aromatic rings. The SMILES string of the molecule is CCCC(c1cccs1)N1CCC(NCC)C1=O. The first-order chi connectivity index (χ1) is 8.77. The summed E-state index contributed by atoms with van der Waals surface area (Å²) >= 11 is 1.76. The van der Waals surface area contributed by atoms with Crippen molar-refractivity contribution in [3.05, 3.63) is 22.4 Å². The molecule has 2 rings (SSSR count). The molecule has 4 heteroatoms. The number of rotatable bonds is 6. The molecule has 0 saturated carbocycles. The summed E-state index contributed by atoms with van der Waals surface area (Å²) in [7, 11) is 0. The first-order valence-corrected chi connectivity index (χ1v) is 7.73. The topological polar surface area (TPSA) is 32.3 Å². The number of hydrogen-bond donors (Lipinski definition) is 1. The number of likely N-dealkylation sites (N-methyl/N-ethyl adjacent to an activating group) is 1. The third-order valence-electron chi connectivity index (χ3n) is 3.50. The molecule has 1 saturated heterocycles. The summed E-state index contributed by atoms with van der Waals surface area (Å²) in [5.74, 6) is 0.281. The number of nitrogens with zero attached hydrogens (tertiary/aromatic N) is 1. The molecular weight excluding hydrogens is 244 g/mol. The van der Waals surface area contributed by atoms with E-state index in [1.54, 1.807) is 11.3 Å². The Labute approximate surface area is 113 Å². The summed E-state index contributed by atoms with van der Waals surface area (Å²) in [5.41, 5.74) is 0. The van der Waals surface area contributed by atoms with Gasteiger partial charge in [0.1, 0.15) is 0 Å². The molecule has 1 fully saturated rings. The Balaban J connectivity index is 2.10. The molecule has 3 nitrogen and oxygen atoms in total. The van der Waals surface area contributed by atoms with E-state index in [9.17, 15) is 4.79 Å². The number of hydrogen-bond acceptors (Lipinski definition) is 3. The molecule has 2 heterocycles. The number of carbonyl (C=O) groups is 1. The van der Waals surface area contributed by atoms with Crippen LogP contribution in [0.5, 0.6) is 0 Å². The first kappa shape index (κ1) is 13.6. The van der Waals surface area contributed by atoms with Crippen LogP contribution in [0.3, 0.4) is 0 Å². The maximum Gasteiger partial charge on any atom is 0.240 e. The van der Waals surface area contributed by atoms with Crippen molar-refractivity contribution >= 4 is 17.2 Å². The van der Waals surface area contributed by atoms with E-state index in [4.69, 9.17) is 0 Å². The Morgan fingerprint density at radius 3 is 3.00 bits per heavy atom. The predicted octanol–water partition coefficient (Wildman–Crippen LogP) is 2.80. The minimum atomic E-state index is 0.0364. The van der Waals surface area contributed by atoms with Gasteiger partial charge in [-0.05, 0) is 30.8 Å². The van der Waals surface area contributed by atoms with Gasteiger partial charge in [-0.3, -0.25) is 4.79 Å². The van der Waals surface area contributed by atoms with Crippen LogP contribution in [0.4, 0.5) is 0 Å². The normalized spacial score (nSPS) is 21.6. The number of likely N-dealkylation sites (tertiary alicyclic amines) is 1. The van der Waals surface area contributed by atoms with Gasteiger partial charge in [-0.1, -0.05) is 26.3 Å². The fourth-order valence-corrected chi connectivity index (χ4v) is 3.53. The number of amides is 1. The Morgan fingerprint density at radius 1 is 1.56 bits per heavy atom. The summed E-state index contributed by atoms with van der Waals surface area (Å²) in [6.07, 6.45) is 3.11. The molecule has 0 radical (unpaired) electrons. The molecule has 0 aliphatic carbocycles. The number of carbonyl (C=O) groups excluding carboxylic acids is 1. The van der Waals surface area contributed by atoms with Crippen molar-refractivity contribution in [1.29, 1.82) is 0 Å². The van der Waals surface area contributed by atoms with E-state index < -0.39 is 0 Å². The van der Waals surface area contributed by atoms with Crippen molar-refractivity contribution in [2.45, 2.75) is 45.2 Å². The number of thiophene rings is 1. The largest absolute Gasteiger partial charge is 0.333 e. The zero-order valence-electron chi connectivity index (χ0n) is 11.2. The van der Waals surface area contributed by atoms with Crippen LogP contribution in [0.25, 0.3) is 0 Å². The summed E-state index contributed by atoms with van der Waals surface area (Å²) in [6.45, 7) is 5.99. The molecule has 18 heavy (non-hydrogen) atoms. The van der Waals surface area contributed by atoms with Crippen molar-refractivity contribution in [2.75, 3.05) is 13.1 Å². The van der Waals surface area contributed by atoms with Gasteiger partial charge in [-0.15, -0.1) is 11.3 Å². The molecule has 0 bridgehead atoms. The van der Waals surface area contributed by atoms with E-state index in [1.165, 1.54) is 4.88 Å². The van der Waals surface area contributed by atoms with Crippen LogP contribution < -0.4 is 5.32 Å². The average molecular weight is 266 g/mol. The van der Waals surface area contributed by atoms with Crippen LogP contribution in [-0.4, -0.2) is 29.9 Å². The Morgan fingerprint density at radius 2 is 2.39 bits per heavy atom. The average Bonchev–Trinajstić information content (AvgIpc) is 2.99. The first-order valence-electron chi connectivity index (χ1n) is 6.85. The van der Waals surface area contributed by atoms with Gasteiger partial charge in [0.2, 0.25) is 5.91 Å². The lowest BCUT2D eigenvalue weighted by atomic mass is 10.1. The van der Waals surface area contributed by atoms with Crippen molar-refractivity contribution in [2.24, 2.45) is 0 Å². The van der Waals surface area contributed by atoms with Gasteiger partial charge in [-0.2, -0.15) is 0 Å². The van der Waals surface area contributed by atoms with Crippen molar-refractivity contribution < 1.29 is 4.79 Å². The van der Waals surface area contributed by atoms with Crippen LogP contribution in [0.15, 0.2) is 17.5 Å². The van der Waals surface area contributed by atoms with Gasteiger partial charge in [0.15, 0.2) is 0 Å². The third kappa shape index (κ3) is 2.75. The molecule has 1 amide bonds. The second-order valence-corrected chi connectivity index (χ2v) is 5.73. The van der Waals surface area contributed by atoms with E-state index in [0.29, 0.717) is 0 Å². The van der Waals surface area contributed by atoms with Gasteiger partial charge in [0.05, 0.1) is 12.1 Å². The Bertz CT molecular complexity index is 377. The molecule has 2 atom stereocenters. The van der Waals surface area contributed by atoms with E-state index in [-0.39, 0.29) is 18.0 Å².